The van der Waals surface area contributed by atoms with E-state index in [4.69, 9.17) is 10.7 Å². The molecule has 2 aromatic rings. The van der Waals surface area contributed by atoms with E-state index in [2.05, 4.69) is 30.4 Å². The largest absolute Gasteiger partial charge is 0.383 e. The fourth-order valence-corrected chi connectivity index (χ4v) is 3.27. The molecule has 0 unspecified atom stereocenters. The van der Waals surface area contributed by atoms with Crippen LogP contribution in [0.15, 0.2) is 12.4 Å². The summed E-state index contributed by atoms with van der Waals surface area (Å²) in [7, 11) is 0. The number of nitrogens with zero attached hydrogens (tertiary/aromatic N) is 4. The van der Waals surface area contributed by atoms with Crippen molar-refractivity contribution in [1.82, 2.24) is 19.3 Å². The minimum Gasteiger partial charge on any atom is -0.383 e. The lowest BCUT2D eigenvalue weighted by Crippen LogP contribution is -2.08. The molecule has 1 aliphatic rings. The van der Waals surface area contributed by atoms with Crippen LogP contribution in [0, 0.1) is 0 Å². The third kappa shape index (κ3) is 2.45. The SMILES string of the molecule is CCn1c(C2CCCC2)nc(-c2cnn(C(C)C)c2)c1N. The molecule has 2 heterocycles. The predicted octanol–water partition coefficient (Wildman–Crippen LogP) is 3.59. The fraction of sp³-hybridized carbons (Fsp3) is 0.625. The summed E-state index contributed by atoms with van der Waals surface area (Å²) < 4.78 is 4.13. The third-order valence-corrected chi connectivity index (χ3v) is 4.48. The highest BCUT2D eigenvalue weighted by Gasteiger charge is 2.25. The molecule has 2 aromatic heterocycles. The maximum absolute atomic E-state index is 6.36. The van der Waals surface area contributed by atoms with Crippen LogP contribution in [0.25, 0.3) is 11.3 Å². The molecule has 1 saturated carbocycles. The average Bonchev–Trinajstić information content (AvgIpc) is 3.17. The predicted molar refractivity (Wildman–Crippen MR) is 85.1 cm³/mol. The molecular formula is C16H25N5. The van der Waals surface area contributed by atoms with Crippen LogP contribution in [0.3, 0.4) is 0 Å². The number of nitrogens with two attached hydrogens (primary N) is 1. The van der Waals surface area contributed by atoms with Crippen LogP contribution in [0.1, 0.15) is 64.2 Å². The number of hydrogen-bond acceptors (Lipinski definition) is 3. The number of hydrogen-bond donors (Lipinski definition) is 1. The van der Waals surface area contributed by atoms with Crippen molar-refractivity contribution >= 4 is 5.82 Å². The molecule has 5 nitrogen and oxygen atoms in total. The lowest BCUT2D eigenvalue weighted by molar-refractivity contribution is 0.532. The van der Waals surface area contributed by atoms with Gasteiger partial charge in [-0.1, -0.05) is 12.8 Å². The summed E-state index contributed by atoms with van der Waals surface area (Å²) in [6.45, 7) is 7.25. The van der Waals surface area contributed by atoms with Gasteiger partial charge >= 0.3 is 0 Å². The summed E-state index contributed by atoms with van der Waals surface area (Å²) in [5.74, 6) is 2.52. The average molecular weight is 287 g/mol. The highest BCUT2D eigenvalue weighted by Crippen LogP contribution is 2.37. The van der Waals surface area contributed by atoms with E-state index in [0.717, 1.165) is 23.6 Å². The van der Waals surface area contributed by atoms with Crippen molar-refractivity contribution in [2.45, 2.75) is 65.0 Å². The van der Waals surface area contributed by atoms with Gasteiger partial charge in [-0.05, 0) is 33.6 Å². The van der Waals surface area contributed by atoms with E-state index in [-0.39, 0.29) is 0 Å². The molecule has 0 aliphatic heterocycles. The molecule has 114 valence electrons. The molecular weight excluding hydrogens is 262 g/mol. The summed E-state index contributed by atoms with van der Waals surface area (Å²) >= 11 is 0. The lowest BCUT2D eigenvalue weighted by atomic mass is 10.1. The van der Waals surface area contributed by atoms with Gasteiger partial charge in [0, 0.05) is 30.3 Å². The Morgan fingerprint density at radius 2 is 2.05 bits per heavy atom. The van der Waals surface area contributed by atoms with Crippen LogP contribution < -0.4 is 5.73 Å². The quantitative estimate of drug-likeness (QED) is 0.934. The first-order valence-corrected chi connectivity index (χ1v) is 8.02. The highest BCUT2D eigenvalue weighted by molar-refractivity contribution is 5.70. The Morgan fingerprint density at radius 3 is 2.62 bits per heavy atom. The molecule has 2 N–H and O–H groups in total. The van der Waals surface area contributed by atoms with Gasteiger partial charge in [0.15, 0.2) is 0 Å². The Bertz CT molecular complexity index is 617. The van der Waals surface area contributed by atoms with Crippen LogP contribution >= 0.6 is 0 Å². The molecule has 0 radical (unpaired) electrons. The van der Waals surface area contributed by atoms with Crippen molar-refractivity contribution in [1.29, 1.82) is 0 Å². The van der Waals surface area contributed by atoms with Gasteiger partial charge in [-0.2, -0.15) is 5.10 Å². The maximum Gasteiger partial charge on any atom is 0.131 e. The molecule has 1 aliphatic carbocycles. The molecule has 0 saturated heterocycles. The number of rotatable bonds is 4. The number of anilines is 1. The van der Waals surface area contributed by atoms with Gasteiger partial charge in [0.25, 0.3) is 0 Å². The molecule has 5 heteroatoms. The smallest absolute Gasteiger partial charge is 0.131 e. The van der Waals surface area contributed by atoms with Crippen molar-refractivity contribution in [3.05, 3.63) is 18.2 Å². The highest BCUT2D eigenvalue weighted by atomic mass is 15.3. The van der Waals surface area contributed by atoms with Gasteiger partial charge in [-0.15, -0.1) is 0 Å². The fourth-order valence-electron chi connectivity index (χ4n) is 3.27. The Balaban J connectivity index is 2.01. The Kier molecular flexibility index (Phi) is 3.74. The van der Waals surface area contributed by atoms with Crippen molar-refractivity contribution < 1.29 is 0 Å². The third-order valence-electron chi connectivity index (χ3n) is 4.48. The van der Waals surface area contributed by atoms with Gasteiger partial charge in [0.1, 0.15) is 17.3 Å². The normalized spacial score (nSPS) is 16.2. The molecule has 0 amide bonds. The van der Waals surface area contributed by atoms with Crippen molar-refractivity contribution in [2.75, 3.05) is 5.73 Å². The summed E-state index contributed by atoms with van der Waals surface area (Å²) in [4.78, 5) is 4.89. The van der Waals surface area contributed by atoms with Gasteiger partial charge < -0.3 is 10.3 Å². The van der Waals surface area contributed by atoms with E-state index < -0.39 is 0 Å². The van der Waals surface area contributed by atoms with E-state index in [1.165, 1.54) is 31.5 Å². The maximum atomic E-state index is 6.36. The Labute approximate surface area is 126 Å². The second-order valence-corrected chi connectivity index (χ2v) is 6.23. The minimum absolute atomic E-state index is 0.350. The monoisotopic (exact) mass is 287 g/mol. The van der Waals surface area contributed by atoms with Crippen LogP contribution in [0.2, 0.25) is 0 Å². The number of nitrogen functional groups attached to an aromatic ring is 1. The van der Waals surface area contributed by atoms with E-state index in [9.17, 15) is 0 Å². The summed E-state index contributed by atoms with van der Waals surface area (Å²) in [6.07, 6.45) is 9.00. The molecule has 0 atom stereocenters. The van der Waals surface area contributed by atoms with E-state index >= 15 is 0 Å². The summed E-state index contributed by atoms with van der Waals surface area (Å²) in [6, 6.07) is 0.350. The summed E-state index contributed by atoms with van der Waals surface area (Å²) in [5, 5.41) is 4.41. The van der Waals surface area contributed by atoms with Gasteiger partial charge in [-0.25, -0.2) is 4.98 Å². The standard InChI is InChI=1S/C16H25N5/c1-4-20-15(17)14(13-9-18-21(10-13)11(2)3)19-16(20)12-7-5-6-8-12/h9-12H,4-8,17H2,1-3H3. The first kappa shape index (κ1) is 14.2. The molecule has 3 rings (SSSR count). The zero-order valence-electron chi connectivity index (χ0n) is 13.2. The topological polar surface area (TPSA) is 61.7 Å². The molecule has 0 spiro atoms. The van der Waals surface area contributed by atoms with Gasteiger partial charge in [0.2, 0.25) is 0 Å². The second kappa shape index (κ2) is 5.54. The van der Waals surface area contributed by atoms with E-state index in [1.807, 2.05) is 17.1 Å². The molecule has 1 fully saturated rings. The van der Waals surface area contributed by atoms with Crippen molar-refractivity contribution in [3.63, 3.8) is 0 Å². The number of imidazole rings is 1. The Morgan fingerprint density at radius 1 is 1.33 bits per heavy atom. The van der Waals surface area contributed by atoms with Crippen LogP contribution in [-0.4, -0.2) is 19.3 Å². The molecule has 21 heavy (non-hydrogen) atoms. The van der Waals surface area contributed by atoms with Crippen LogP contribution in [0.5, 0.6) is 0 Å². The van der Waals surface area contributed by atoms with E-state index in [0.29, 0.717) is 12.0 Å². The van der Waals surface area contributed by atoms with Crippen LogP contribution in [-0.2, 0) is 6.54 Å². The summed E-state index contributed by atoms with van der Waals surface area (Å²) in [5.41, 5.74) is 8.28. The zero-order chi connectivity index (χ0) is 15.0. The van der Waals surface area contributed by atoms with Gasteiger partial charge in [-0.3, -0.25) is 4.68 Å². The Hall–Kier alpha value is -1.78. The van der Waals surface area contributed by atoms with Gasteiger partial charge in [0.05, 0.1) is 6.20 Å². The van der Waals surface area contributed by atoms with Crippen molar-refractivity contribution in [3.8, 4) is 11.3 Å². The lowest BCUT2D eigenvalue weighted by Gasteiger charge is -2.11. The first-order chi connectivity index (χ1) is 10.1. The second-order valence-electron chi connectivity index (χ2n) is 6.23. The first-order valence-electron chi connectivity index (χ1n) is 8.02. The van der Waals surface area contributed by atoms with Crippen LogP contribution in [0.4, 0.5) is 5.82 Å². The zero-order valence-corrected chi connectivity index (χ0v) is 13.2. The van der Waals surface area contributed by atoms with E-state index in [1.54, 1.807) is 0 Å². The number of aromatic nitrogens is 4. The molecule has 0 aromatic carbocycles. The minimum atomic E-state index is 0.350. The van der Waals surface area contributed by atoms with Crippen molar-refractivity contribution in [2.24, 2.45) is 0 Å². The molecule has 0 bridgehead atoms.